The lowest BCUT2D eigenvalue weighted by Crippen LogP contribution is -2.39. The molecule has 2 aromatic rings. The van der Waals surface area contributed by atoms with E-state index in [0.717, 1.165) is 16.1 Å². The van der Waals surface area contributed by atoms with E-state index in [0.29, 0.717) is 25.9 Å². The van der Waals surface area contributed by atoms with Gasteiger partial charge in [0.15, 0.2) is 0 Å². The van der Waals surface area contributed by atoms with Crippen molar-refractivity contribution in [3.8, 4) is 0 Å². The summed E-state index contributed by atoms with van der Waals surface area (Å²) in [6.45, 7) is 0.862. The maximum Gasteiger partial charge on any atom is 0.416 e. The molecule has 0 spiro atoms. The molecule has 1 heterocycles. The summed E-state index contributed by atoms with van der Waals surface area (Å²) in [6, 6.07) is 12.3. The van der Waals surface area contributed by atoms with Crippen molar-refractivity contribution in [2.75, 3.05) is 13.1 Å². The van der Waals surface area contributed by atoms with Gasteiger partial charge in [-0.2, -0.15) is 13.2 Å². The first kappa shape index (κ1) is 19.9. The van der Waals surface area contributed by atoms with Crippen LogP contribution in [0.3, 0.4) is 0 Å². The Kier molecular flexibility index (Phi) is 5.91. The molecule has 0 saturated carbocycles. The highest BCUT2D eigenvalue weighted by molar-refractivity contribution is 9.10. The Morgan fingerprint density at radius 2 is 1.78 bits per heavy atom. The maximum absolute atomic E-state index is 13.6. The zero-order valence-electron chi connectivity index (χ0n) is 14.4. The van der Waals surface area contributed by atoms with Gasteiger partial charge in [-0.15, -0.1) is 0 Å². The number of aliphatic carboxylic acids is 1. The van der Waals surface area contributed by atoms with Crippen LogP contribution in [0, 0.1) is 5.92 Å². The van der Waals surface area contributed by atoms with Crippen molar-refractivity contribution in [1.29, 1.82) is 0 Å². The molecule has 0 aromatic heterocycles. The molecule has 3 nitrogen and oxygen atoms in total. The van der Waals surface area contributed by atoms with E-state index in [1.54, 1.807) is 12.1 Å². The largest absolute Gasteiger partial charge is 0.481 e. The lowest BCUT2D eigenvalue weighted by molar-refractivity contribution is -0.143. The van der Waals surface area contributed by atoms with Crippen molar-refractivity contribution in [3.63, 3.8) is 0 Å². The third-order valence-electron chi connectivity index (χ3n) is 4.97. The number of piperidine rings is 1. The molecule has 144 valence electrons. The lowest BCUT2D eigenvalue weighted by atomic mass is 9.89. The van der Waals surface area contributed by atoms with E-state index in [2.05, 4.69) is 15.9 Å². The quantitative estimate of drug-likeness (QED) is 0.694. The fourth-order valence-electron chi connectivity index (χ4n) is 3.66. The molecule has 1 aliphatic rings. The molecular formula is C20H19BrF3NO2. The van der Waals surface area contributed by atoms with Gasteiger partial charge in [0.05, 0.1) is 17.5 Å². The maximum atomic E-state index is 13.6. The monoisotopic (exact) mass is 441 g/mol. The van der Waals surface area contributed by atoms with Crippen LogP contribution >= 0.6 is 15.9 Å². The van der Waals surface area contributed by atoms with E-state index in [9.17, 15) is 23.1 Å². The predicted octanol–water partition coefficient (Wildman–Crippen LogP) is 5.35. The fraction of sp³-hybridized carbons (Fsp3) is 0.350. The first-order valence-electron chi connectivity index (χ1n) is 8.66. The Bertz CT molecular complexity index is 817. The molecule has 7 heteroatoms. The van der Waals surface area contributed by atoms with Crippen LogP contribution in [0.4, 0.5) is 13.2 Å². The van der Waals surface area contributed by atoms with Crippen LogP contribution in [0.5, 0.6) is 0 Å². The number of likely N-dealkylation sites (tertiary alicyclic amines) is 1. The highest BCUT2D eigenvalue weighted by Gasteiger charge is 2.38. The van der Waals surface area contributed by atoms with Crippen molar-refractivity contribution in [1.82, 2.24) is 4.90 Å². The number of carboxylic acid groups (broad SMARTS) is 1. The van der Waals surface area contributed by atoms with Crippen LogP contribution in [0.2, 0.25) is 0 Å². The topological polar surface area (TPSA) is 40.5 Å². The van der Waals surface area contributed by atoms with E-state index in [-0.39, 0.29) is 5.56 Å². The average Bonchev–Trinajstić information content (AvgIpc) is 2.62. The standard InChI is InChI=1S/C20H19BrF3NO2/c21-15-5-3-4-14(12-15)18(25-10-8-13(9-11-25)19(26)27)16-6-1-2-7-17(16)20(22,23)24/h1-7,12-13,18H,8-11H2,(H,26,27). The summed E-state index contributed by atoms with van der Waals surface area (Å²) in [7, 11) is 0. The van der Waals surface area contributed by atoms with Crippen molar-refractivity contribution >= 4 is 21.9 Å². The van der Waals surface area contributed by atoms with Gasteiger partial charge in [0, 0.05) is 4.47 Å². The zero-order chi connectivity index (χ0) is 19.6. The second-order valence-electron chi connectivity index (χ2n) is 6.69. The van der Waals surface area contributed by atoms with Gasteiger partial charge in [0.25, 0.3) is 0 Å². The summed E-state index contributed by atoms with van der Waals surface area (Å²) >= 11 is 3.40. The Balaban J connectivity index is 2.04. The molecule has 1 aliphatic heterocycles. The van der Waals surface area contributed by atoms with Gasteiger partial charge in [-0.1, -0.05) is 46.3 Å². The van der Waals surface area contributed by atoms with E-state index in [1.165, 1.54) is 12.1 Å². The molecular weight excluding hydrogens is 423 g/mol. The Morgan fingerprint density at radius 1 is 1.11 bits per heavy atom. The highest BCUT2D eigenvalue weighted by atomic mass is 79.9. The van der Waals surface area contributed by atoms with E-state index < -0.39 is 29.7 Å². The third-order valence-corrected chi connectivity index (χ3v) is 5.46. The molecule has 0 amide bonds. The number of hydrogen-bond donors (Lipinski definition) is 1. The minimum Gasteiger partial charge on any atom is -0.481 e. The van der Waals surface area contributed by atoms with E-state index >= 15 is 0 Å². The third kappa shape index (κ3) is 4.52. The van der Waals surface area contributed by atoms with E-state index in [4.69, 9.17) is 0 Å². The van der Waals surface area contributed by atoms with Gasteiger partial charge in [0.1, 0.15) is 0 Å². The molecule has 0 aliphatic carbocycles. The first-order chi connectivity index (χ1) is 12.8. The molecule has 1 saturated heterocycles. The smallest absolute Gasteiger partial charge is 0.416 e. The van der Waals surface area contributed by atoms with E-state index in [1.807, 2.05) is 23.1 Å². The summed E-state index contributed by atoms with van der Waals surface area (Å²) in [5, 5.41) is 9.21. The summed E-state index contributed by atoms with van der Waals surface area (Å²) < 4.78 is 41.7. The Morgan fingerprint density at radius 3 is 2.37 bits per heavy atom. The van der Waals surface area contributed by atoms with Gasteiger partial charge in [-0.3, -0.25) is 9.69 Å². The van der Waals surface area contributed by atoms with Gasteiger partial charge < -0.3 is 5.11 Å². The molecule has 1 unspecified atom stereocenters. The zero-order valence-corrected chi connectivity index (χ0v) is 16.0. The molecule has 27 heavy (non-hydrogen) atoms. The normalized spacial score (nSPS) is 17.6. The Labute approximate surface area is 163 Å². The lowest BCUT2D eigenvalue weighted by Gasteiger charge is -2.38. The number of halogens is 4. The van der Waals surface area contributed by atoms with Crippen LogP contribution in [0.1, 0.15) is 35.6 Å². The van der Waals surface area contributed by atoms with Crippen LogP contribution in [0.15, 0.2) is 53.0 Å². The van der Waals surface area contributed by atoms with Gasteiger partial charge in [-0.25, -0.2) is 0 Å². The summed E-state index contributed by atoms with van der Waals surface area (Å²) in [4.78, 5) is 13.2. The fourth-order valence-corrected chi connectivity index (χ4v) is 4.08. The van der Waals surface area contributed by atoms with Crippen molar-refractivity contribution in [2.24, 2.45) is 5.92 Å². The summed E-state index contributed by atoms with van der Waals surface area (Å²) in [6.07, 6.45) is -3.61. The SMILES string of the molecule is O=C(O)C1CCN(C(c2cccc(Br)c2)c2ccccc2C(F)(F)F)CC1. The second kappa shape index (κ2) is 8.02. The molecule has 2 aromatic carbocycles. The second-order valence-corrected chi connectivity index (χ2v) is 7.61. The van der Waals surface area contributed by atoms with Crippen LogP contribution in [-0.2, 0) is 11.0 Å². The highest BCUT2D eigenvalue weighted by Crippen LogP contribution is 2.40. The van der Waals surface area contributed by atoms with Crippen LogP contribution in [0.25, 0.3) is 0 Å². The Hall–Kier alpha value is -1.86. The molecule has 0 bridgehead atoms. The van der Waals surface area contributed by atoms with Crippen molar-refractivity contribution in [2.45, 2.75) is 25.1 Å². The predicted molar refractivity (Wildman–Crippen MR) is 99.4 cm³/mol. The van der Waals surface area contributed by atoms with Crippen molar-refractivity contribution in [3.05, 3.63) is 69.7 Å². The first-order valence-corrected chi connectivity index (χ1v) is 9.45. The molecule has 1 N–H and O–H groups in total. The number of hydrogen-bond acceptors (Lipinski definition) is 2. The number of alkyl halides is 3. The molecule has 1 fully saturated rings. The summed E-state index contributed by atoms with van der Waals surface area (Å²) in [5.41, 5.74) is 0.280. The molecule has 3 rings (SSSR count). The number of rotatable bonds is 4. The number of carboxylic acids is 1. The van der Waals surface area contributed by atoms with Crippen LogP contribution in [-0.4, -0.2) is 29.1 Å². The molecule has 1 atom stereocenters. The van der Waals surface area contributed by atoms with Crippen molar-refractivity contribution < 1.29 is 23.1 Å². The minimum absolute atomic E-state index is 0.192. The minimum atomic E-state index is -4.46. The van der Waals surface area contributed by atoms with Gasteiger partial charge >= 0.3 is 12.1 Å². The average molecular weight is 442 g/mol. The number of nitrogens with zero attached hydrogens (tertiary/aromatic N) is 1. The van der Waals surface area contributed by atoms with Crippen LogP contribution < -0.4 is 0 Å². The molecule has 0 radical (unpaired) electrons. The number of carbonyl (C=O) groups is 1. The van der Waals surface area contributed by atoms with Gasteiger partial charge in [0.2, 0.25) is 0 Å². The number of benzene rings is 2. The van der Waals surface area contributed by atoms with Gasteiger partial charge in [-0.05, 0) is 55.3 Å². The summed E-state index contributed by atoms with van der Waals surface area (Å²) in [5.74, 6) is -1.29.